The van der Waals surface area contributed by atoms with Crippen molar-refractivity contribution in [3.05, 3.63) is 35.4 Å². The van der Waals surface area contributed by atoms with Crippen molar-refractivity contribution >= 4 is 0 Å². The predicted octanol–water partition coefficient (Wildman–Crippen LogP) is 3.00. The van der Waals surface area contributed by atoms with E-state index in [1.165, 1.54) is 11.1 Å². The maximum absolute atomic E-state index is 6.24. The van der Waals surface area contributed by atoms with Gasteiger partial charge in [-0.25, -0.2) is 0 Å². The molecule has 2 N–H and O–H groups in total. The smallest absolute Gasteiger partial charge is 0.0439 e. The lowest BCUT2D eigenvalue weighted by Gasteiger charge is -2.12. The Labute approximate surface area is 86.3 Å². The van der Waals surface area contributed by atoms with Crippen molar-refractivity contribution in [1.29, 1.82) is 0 Å². The number of rotatable bonds is 2. The molecule has 1 fully saturated rings. The van der Waals surface area contributed by atoms with Crippen LogP contribution in [0.4, 0.5) is 0 Å². The number of benzene rings is 1. The second kappa shape index (κ2) is 3.09. The highest BCUT2D eigenvalue weighted by atomic mass is 14.8. The van der Waals surface area contributed by atoms with E-state index in [1.54, 1.807) is 0 Å². The van der Waals surface area contributed by atoms with Crippen molar-refractivity contribution in [3.8, 4) is 0 Å². The molecule has 0 spiro atoms. The van der Waals surface area contributed by atoms with Crippen LogP contribution in [0.5, 0.6) is 0 Å². The Balaban J connectivity index is 2.23. The fourth-order valence-corrected chi connectivity index (χ4v) is 2.03. The molecule has 1 heteroatoms. The van der Waals surface area contributed by atoms with Gasteiger partial charge in [0.25, 0.3) is 0 Å². The van der Waals surface area contributed by atoms with Gasteiger partial charge in [0.1, 0.15) is 0 Å². The standard InChI is InChI=1S/C13H19N/c1-9(2)11-4-6-12(7-5-11)13(14)8-10(13)3/h4-7,9-10H,8,14H2,1-3H3/t10-,13+/m0/s1. The molecule has 14 heavy (non-hydrogen) atoms. The van der Waals surface area contributed by atoms with E-state index in [-0.39, 0.29) is 5.54 Å². The Bertz CT molecular complexity index is 326. The van der Waals surface area contributed by atoms with Crippen LogP contribution >= 0.6 is 0 Å². The lowest BCUT2D eigenvalue weighted by molar-refractivity contribution is 0.664. The van der Waals surface area contributed by atoms with E-state index >= 15 is 0 Å². The zero-order valence-electron chi connectivity index (χ0n) is 9.25. The third-order valence-electron chi connectivity index (χ3n) is 3.48. The number of hydrogen-bond acceptors (Lipinski definition) is 1. The summed E-state index contributed by atoms with van der Waals surface area (Å²) >= 11 is 0. The van der Waals surface area contributed by atoms with E-state index in [2.05, 4.69) is 45.0 Å². The van der Waals surface area contributed by atoms with Crippen LogP contribution in [-0.4, -0.2) is 0 Å². The average molecular weight is 189 g/mol. The molecule has 0 aliphatic heterocycles. The second-order valence-corrected chi connectivity index (χ2v) is 4.92. The molecule has 0 bridgehead atoms. The Hall–Kier alpha value is -0.820. The van der Waals surface area contributed by atoms with Gasteiger partial charge >= 0.3 is 0 Å². The second-order valence-electron chi connectivity index (χ2n) is 4.92. The summed E-state index contributed by atoms with van der Waals surface area (Å²) in [6, 6.07) is 8.80. The van der Waals surface area contributed by atoms with Gasteiger partial charge in [-0.1, -0.05) is 45.0 Å². The third kappa shape index (κ3) is 1.46. The lowest BCUT2D eigenvalue weighted by atomic mass is 9.97. The van der Waals surface area contributed by atoms with Gasteiger partial charge in [0.2, 0.25) is 0 Å². The molecule has 0 amide bonds. The SMILES string of the molecule is CC(C)c1ccc([C@@]2(N)C[C@@H]2C)cc1. The van der Waals surface area contributed by atoms with E-state index in [4.69, 9.17) is 5.73 Å². The van der Waals surface area contributed by atoms with Crippen molar-refractivity contribution in [2.45, 2.75) is 38.6 Å². The largest absolute Gasteiger partial charge is 0.321 e. The summed E-state index contributed by atoms with van der Waals surface area (Å²) in [7, 11) is 0. The van der Waals surface area contributed by atoms with Gasteiger partial charge in [0.05, 0.1) is 0 Å². The lowest BCUT2D eigenvalue weighted by Crippen LogP contribution is -2.21. The molecule has 0 heterocycles. The quantitative estimate of drug-likeness (QED) is 0.760. The minimum absolute atomic E-state index is 0.0183. The van der Waals surface area contributed by atoms with Gasteiger partial charge in [-0.2, -0.15) is 0 Å². The van der Waals surface area contributed by atoms with E-state index < -0.39 is 0 Å². The number of hydrogen-bond donors (Lipinski definition) is 1. The van der Waals surface area contributed by atoms with Crippen LogP contribution < -0.4 is 5.73 Å². The van der Waals surface area contributed by atoms with Gasteiger partial charge in [0, 0.05) is 5.54 Å². The monoisotopic (exact) mass is 189 g/mol. The van der Waals surface area contributed by atoms with Gasteiger partial charge in [0.15, 0.2) is 0 Å². The molecular weight excluding hydrogens is 170 g/mol. The van der Waals surface area contributed by atoms with E-state index in [1.807, 2.05) is 0 Å². The average Bonchev–Trinajstić information content (AvgIpc) is 2.76. The summed E-state index contributed by atoms with van der Waals surface area (Å²) in [6.45, 7) is 6.65. The molecule has 1 aliphatic carbocycles. The summed E-state index contributed by atoms with van der Waals surface area (Å²) in [4.78, 5) is 0. The fraction of sp³-hybridized carbons (Fsp3) is 0.538. The highest BCUT2D eigenvalue weighted by molar-refractivity contribution is 5.34. The van der Waals surface area contributed by atoms with E-state index in [9.17, 15) is 0 Å². The normalized spacial score (nSPS) is 30.8. The van der Waals surface area contributed by atoms with Crippen LogP contribution in [0.2, 0.25) is 0 Å². The number of nitrogens with two attached hydrogens (primary N) is 1. The highest BCUT2D eigenvalue weighted by Crippen LogP contribution is 2.49. The molecule has 2 rings (SSSR count). The molecule has 0 aromatic heterocycles. The summed E-state index contributed by atoms with van der Waals surface area (Å²) < 4.78 is 0. The molecule has 2 atom stereocenters. The molecule has 1 saturated carbocycles. The van der Waals surface area contributed by atoms with Crippen molar-refractivity contribution in [1.82, 2.24) is 0 Å². The van der Waals surface area contributed by atoms with Crippen LogP contribution in [0.15, 0.2) is 24.3 Å². The third-order valence-corrected chi connectivity index (χ3v) is 3.48. The van der Waals surface area contributed by atoms with Gasteiger partial charge in [-0.05, 0) is 29.4 Å². The predicted molar refractivity (Wildman–Crippen MR) is 60.2 cm³/mol. The van der Waals surface area contributed by atoms with Gasteiger partial charge in [-0.3, -0.25) is 0 Å². The summed E-state index contributed by atoms with van der Waals surface area (Å²) in [5.41, 5.74) is 8.91. The first-order valence-electron chi connectivity index (χ1n) is 5.43. The Kier molecular flexibility index (Phi) is 2.15. The maximum Gasteiger partial charge on any atom is 0.0439 e. The van der Waals surface area contributed by atoms with Crippen LogP contribution in [0.25, 0.3) is 0 Å². The zero-order valence-corrected chi connectivity index (χ0v) is 9.25. The van der Waals surface area contributed by atoms with Gasteiger partial charge in [-0.15, -0.1) is 0 Å². The summed E-state index contributed by atoms with van der Waals surface area (Å²) in [5, 5.41) is 0. The fourth-order valence-electron chi connectivity index (χ4n) is 2.03. The first kappa shape index (κ1) is 9.72. The van der Waals surface area contributed by atoms with Gasteiger partial charge < -0.3 is 5.73 Å². The summed E-state index contributed by atoms with van der Waals surface area (Å²) in [6.07, 6.45) is 1.13. The molecule has 0 saturated heterocycles. The molecular formula is C13H19N. The molecule has 0 unspecified atom stereocenters. The van der Waals surface area contributed by atoms with Crippen LogP contribution in [0, 0.1) is 5.92 Å². The molecule has 1 nitrogen and oxygen atoms in total. The van der Waals surface area contributed by atoms with Crippen molar-refractivity contribution in [2.75, 3.05) is 0 Å². The molecule has 1 aromatic carbocycles. The molecule has 1 aromatic rings. The first-order valence-corrected chi connectivity index (χ1v) is 5.43. The van der Waals surface area contributed by atoms with E-state index in [0.717, 1.165) is 6.42 Å². The van der Waals surface area contributed by atoms with Crippen LogP contribution in [0.3, 0.4) is 0 Å². The maximum atomic E-state index is 6.24. The van der Waals surface area contributed by atoms with Crippen LogP contribution in [-0.2, 0) is 5.54 Å². The zero-order chi connectivity index (χ0) is 10.3. The van der Waals surface area contributed by atoms with Crippen LogP contribution in [0.1, 0.15) is 44.2 Å². The molecule has 0 radical (unpaired) electrons. The highest BCUT2D eigenvalue weighted by Gasteiger charge is 2.48. The van der Waals surface area contributed by atoms with Crippen molar-refractivity contribution in [2.24, 2.45) is 11.7 Å². The Morgan fingerprint density at radius 1 is 1.29 bits per heavy atom. The first-order chi connectivity index (χ1) is 6.54. The Morgan fingerprint density at radius 3 is 2.14 bits per heavy atom. The molecule has 76 valence electrons. The molecule has 1 aliphatic rings. The minimum atomic E-state index is -0.0183. The van der Waals surface area contributed by atoms with E-state index in [0.29, 0.717) is 11.8 Å². The Morgan fingerprint density at radius 2 is 1.79 bits per heavy atom. The summed E-state index contributed by atoms with van der Waals surface area (Å²) in [5.74, 6) is 1.25. The van der Waals surface area contributed by atoms with Crippen molar-refractivity contribution < 1.29 is 0 Å². The van der Waals surface area contributed by atoms with Crippen molar-refractivity contribution in [3.63, 3.8) is 0 Å². The topological polar surface area (TPSA) is 26.0 Å². The minimum Gasteiger partial charge on any atom is -0.321 e.